The number of nitrogens with zero attached hydrogens (tertiary/aromatic N) is 3. The van der Waals surface area contributed by atoms with E-state index in [2.05, 4.69) is 10.0 Å². The summed E-state index contributed by atoms with van der Waals surface area (Å²) in [5.41, 5.74) is 8.02. The summed E-state index contributed by atoms with van der Waals surface area (Å²) in [4.78, 5) is 13.5. The molecule has 15 heavy (non-hydrogen) atoms. The first kappa shape index (κ1) is 11.3. The highest BCUT2D eigenvalue weighted by atomic mass is 16.5. The molecule has 0 radical (unpaired) electrons. The standard InChI is InChI=1S/C10H13N3O2/c11-13-12-8-3-1-2-5-9-6-4-7-10(14)15-9/h1-2,4,6,9H,3,5,7-8H2/b2-1+. The molecule has 1 heterocycles. The molecule has 5 nitrogen and oxygen atoms in total. The van der Waals surface area contributed by atoms with Gasteiger partial charge in [-0.3, -0.25) is 4.79 Å². The van der Waals surface area contributed by atoms with Crippen LogP contribution in [0, 0.1) is 0 Å². The van der Waals surface area contributed by atoms with Crippen molar-refractivity contribution in [2.45, 2.75) is 25.4 Å². The minimum absolute atomic E-state index is 0.137. The molecule has 1 aliphatic heterocycles. The summed E-state index contributed by atoms with van der Waals surface area (Å²) < 4.78 is 5.06. The van der Waals surface area contributed by atoms with Gasteiger partial charge in [-0.25, -0.2) is 0 Å². The number of esters is 1. The Labute approximate surface area is 88.0 Å². The third-order valence-electron chi connectivity index (χ3n) is 1.91. The van der Waals surface area contributed by atoms with Crippen molar-refractivity contribution in [3.8, 4) is 0 Å². The number of carbonyl (C=O) groups is 1. The minimum atomic E-state index is -0.176. The van der Waals surface area contributed by atoms with E-state index < -0.39 is 0 Å². The van der Waals surface area contributed by atoms with Crippen LogP contribution in [0.4, 0.5) is 0 Å². The van der Waals surface area contributed by atoms with Crippen LogP contribution in [0.3, 0.4) is 0 Å². The average Bonchev–Trinajstić information content (AvgIpc) is 2.23. The molecular weight excluding hydrogens is 194 g/mol. The molecule has 0 saturated heterocycles. The normalized spacial score (nSPS) is 20.0. The van der Waals surface area contributed by atoms with E-state index in [1.165, 1.54) is 0 Å². The second-order valence-corrected chi connectivity index (χ2v) is 3.11. The van der Waals surface area contributed by atoms with E-state index in [1.807, 2.05) is 24.3 Å². The van der Waals surface area contributed by atoms with Crippen molar-refractivity contribution in [2.24, 2.45) is 5.11 Å². The Morgan fingerprint density at radius 1 is 1.67 bits per heavy atom. The zero-order valence-electron chi connectivity index (χ0n) is 8.37. The Balaban J connectivity index is 2.18. The van der Waals surface area contributed by atoms with Crippen LogP contribution in [0.5, 0.6) is 0 Å². The minimum Gasteiger partial charge on any atom is -0.458 e. The monoisotopic (exact) mass is 207 g/mol. The fourth-order valence-corrected chi connectivity index (χ4v) is 1.22. The zero-order valence-corrected chi connectivity index (χ0v) is 8.37. The first-order valence-corrected chi connectivity index (χ1v) is 4.85. The van der Waals surface area contributed by atoms with Crippen LogP contribution in [-0.2, 0) is 9.53 Å². The number of hydrogen-bond donors (Lipinski definition) is 0. The second kappa shape index (κ2) is 6.68. The zero-order chi connectivity index (χ0) is 10.9. The molecule has 1 rings (SSSR count). The molecule has 0 aromatic heterocycles. The quantitative estimate of drug-likeness (QED) is 0.173. The van der Waals surface area contributed by atoms with Crippen LogP contribution < -0.4 is 0 Å². The number of azide groups is 1. The highest BCUT2D eigenvalue weighted by Crippen LogP contribution is 2.10. The molecule has 1 aliphatic rings. The highest BCUT2D eigenvalue weighted by Gasteiger charge is 2.12. The maximum atomic E-state index is 10.9. The Hall–Kier alpha value is -1.74. The highest BCUT2D eigenvalue weighted by molar-refractivity contribution is 5.72. The van der Waals surface area contributed by atoms with Crippen LogP contribution >= 0.6 is 0 Å². The van der Waals surface area contributed by atoms with Gasteiger partial charge < -0.3 is 4.74 Å². The van der Waals surface area contributed by atoms with Gasteiger partial charge in [0.2, 0.25) is 0 Å². The molecule has 1 atom stereocenters. The van der Waals surface area contributed by atoms with Crippen molar-refractivity contribution in [1.82, 2.24) is 0 Å². The van der Waals surface area contributed by atoms with Gasteiger partial charge in [0.1, 0.15) is 6.10 Å². The molecule has 0 amide bonds. The van der Waals surface area contributed by atoms with Crippen molar-refractivity contribution >= 4 is 5.97 Å². The van der Waals surface area contributed by atoms with Crippen molar-refractivity contribution in [1.29, 1.82) is 0 Å². The maximum Gasteiger partial charge on any atom is 0.310 e. The van der Waals surface area contributed by atoms with E-state index in [9.17, 15) is 4.79 Å². The molecule has 1 unspecified atom stereocenters. The van der Waals surface area contributed by atoms with Crippen molar-refractivity contribution in [3.63, 3.8) is 0 Å². The van der Waals surface area contributed by atoms with E-state index >= 15 is 0 Å². The SMILES string of the molecule is [N-]=[N+]=NCC/C=C/CC1C=CCC(=O)O1. The fourth-order valence-electron chi connectivity index (χ4n) is 1.22. The molecule has 0 aliphatic carbocycles. The lowest BCUT2D eigenvalue weighted by Crippen LogP contribution is -2.18. The van der Waals surface area contributed by atoms with Crippen LogP contribution in [0.25, 0.3) is 10.4 Å². The average molecular weight is 207 g/mol. The fraction of sp³-hybridized carbons (Fsp3) is 0.500. The Bertz CT molecular complexity index is 317. The Morgan fingerprint density at radius 3 is 3.27 bits per heavy atom. The Morgan fingerprint density at radius 2 is 2.53 bits per heavy atom. The van der Waals surface area contributed by atoms with Crippen molar-refractivity contribution in [2.75, 3.05) is 6.54 Å². The molecule has 0 spiro atoms. The van der Waals surface area contributed by atoms with Gasteiger partial charge in [0.15, 0.2) is 0 Å². The van der Waals surface area contributed by atoms with Gasteiger partial charge >= 0.3 is 5.97 Å². The van der Waals surface area contributed by atoms with Crippen molar-refractivity contribution in [3.05, 3.63) is 34.7 Å². The number of rotatable bonds is 5. The smallest absolute Gasteiger partial charge is 0.310 e. The van der Waals surface area contributed by atoms with E-state index in [1.54, 1.807) is 0 Å². The Kier molecular flexibility index (Phi) is 5.04. The summed E-state index contributed by atoms with van der Waals surface area (Å²) >= 11 is 0. The third kappa shape index (κ3) is 4.88. The molecule has 0 bridgehead atoms. The predicted octanol–water partition coefficient (Wildman–Crippen LogP) is 2.50. The van der Waals surface area contributed by atoms with Crippen molar-refractivity contribution < 1.29 is 9.53 Å². The first-order chi connectivity index (χ1) is 7.33. The molecule has 0 saturated carbocycles. The number of ether oxygens (including phenoxy) is 1. The first-order valence-electron chi connectivity index (χ1n) is 4.85. The molecule has 5 heteroatoms. The van der Waals surface area contributed by atoms with Crippen LogP contribution in [0.15, 0.2) is 29.4 Å². The molecule has 0 aromatic rings. The second-order valence-electron chi connectivity index (χ2n) is 3.11. The van der Waals surface area contributed by atoms with Gasteiger partial charge in [-0.1, -0.05) is 23.3 Å². The molecular formula is C10H13N3O2. The summed E-state index contributed by atoms with van der Waals surface area (Å²) in [5.74, 6) is -0.176. The van der Waals surface area contributed by atoms with E-state index in [-0.39, 0.29) is 12.1 Å². The molecule has 0 N–H and O–H groups in total. The lowest BCUT2D eigenvalue weighted by atomic mass is 10.1. The van der Waals surface area contributed by atoms with Crippen LogP contribution in [-0.4, -0.2) is 18.6 Å². The van der Waals surface area contributed by atoms with Gasteiger partial charge in [-0.05, 0) is 18.0 Å². The third-order valence-corrected chi connectivity index (χ3v) is 1.91. The number of cyclic esters (lactones) is 1. The van der Waals surface area contributed by atoms with Gasteiger partial charge in [0.05, 0.1) is 6.42 Å². The van der Waals surface area contributed by atoms with Gasteiger partial charge in [-0.2, -0.15) is 0 Å². The van der Waals surface area contributed by atoms with E-state index in [4.69, 9.17) is 10.3 Å². The summed E-state index contributed by atoms with van der Waals surface area (Å²) in [6.45, 7) is 0.466. The van der Waals surface area contributed by atoms with Crippen LogP contribution in [0.1, 0.15) is 19.3 Å². The number of carbonyl (C=O) groups excluding carboxylic acids is 1. The van der Waals surface area contributed by atoms with Gasteiger partial charge in [0, 0.05) is 17.9 Å². The summed E-state index contributed by atoms with van der Waals surface area (Å²) in [5, 5.41) is 3.40. The van der Waals surface area contributed by atoms with Gasteiger partial charge in [-0.15, -0.1) is 0 Å². The lowest BCUT2D eigenvalue weighted by Gasteiger charge is -2.15. The van der Waals surface area contributed by atoms with E-state index in [0.717, 1.165) is 0 Å². The van der Waals surface area contributed by atoms with E-state index in [0.29, 0.717) is 25.8 Å². The summed E-state index contributed by atoms with van der Waals surface area (Å²) in [6, 6.07) is 0. The lowest BCUT2D eigenvalue weighted by molar-refractivity contribution is -0.146. The van der Waals surface area contributed by atoms with Crippen LogP contribution in [0.2, 0.25) is 0 Å². The maximum absolute atomic E-state index is 10.9. The molecule has 80 valence electrons. The predicted molar refractivity (Wildman–Crippen MR) is 56.0 cm³/mol. The topological polar surface area (TPSA) is 75.1 Å². The largest absolute Gasteiger partial charge is 0.458 e. The number of hydrogen-bond acceptors (Lipinski definition) is 3. The summed E-state index contributed by atoms with van der Waals surface area (Å²) in [7, 11) is 0. The molecule has 0 fully saturated rings. The summed E-state index contributed by atoms with van der Waals surface area (Å²) in [6.07, 6.45) is 9.20. The molecule has 0 aromatic carbocycles. The van der Waals surface area contributed by atoms with Gasteiger partial charge in [0.25, 0.3) is 0 Å².